The van der Waals surface area contributed by atoms with Gasteiger partial charge in [-0.25, -0.2) is 4.98 Å². The van der Waals surface area contributed by atoms with Gasteiger partial charge in [-0.3, -0.25) is 9.59 Å². The van der Waals surface area contributed by atoms with E-state index in [0.717, 1.165) is 34.3 Å². The van der Waals surface area contributed by atoms with Gasteiger partial charge in [0.05, 0.1) is 10.2 Å². The molecule has 0 fully saturated rings. The maximum atomic E-state index is 11.8. The van der Waals surface area contributed by atoms with E-state index in [9.17, 15) is 9.59 Å². The lowest BCUT2D eigenvalue weighted by atomic mass is 10.2. The number of rotatable bonds is 6. The Hall–Kier alpha value is -1.66. The molecule has 0 aliphatic carbocycles. The average molecular weight is 356 g/mol. The summed E-state index contributed by atoms with van der Waals surface area (Å²) < 4.78 is 0.956. The molecular formula is C16H22ClN3O2S. The van der Waals surface area contributed by atoms with Gasteiger partial charge in [0.1, 0.15) is 0 Å². The van der Waals surface area contributed by atoms with Gasteiger partial charge in [0.15, 0.2) is 5.13 Å². The fraction of sp³-hybridized carbons (Fsp3) is 0.438. The summed E-state index contributed by atoms with van der Waals surface area (Å²) in [4.78, 5) is 27.7. The van der Waals surface area contributed by atoms with Gasteiger partial charge in [0.2, 0.25) is 11.8 Å². The van der Waals surface area contributed by atoms with Crippen molar-refractivity contribution < 1.29 is 9.59 Å². The van der Waals surface area contributed by atoms with Crippen LogP contribution in [0.4, 0.5) is 10.8 Å². The largest absolute Gasteiger partial charge is 0.326 e. The molecule has 0 unspecified atom stereocenters. The van der Waals surface area contributed by atoms with Crippen molar-refractivity contribution in [2.75, 3.05) is 10.6 Å². The molecule has 0 radical (unpaired) electrons. The normalized spacial score (nSPS) is 10.2. The number of carbonyl (C=O) groups is 2. The Morgan fingerprint density at radius 3 is 2.57 bits per heavy atom. The van der Waals surface area contributed by atoms with E-state index in [1.54, 1.807) is 6.92 Å². The Bertz CT molecular complexity index is 700. The van der Waals surface area contributed by atoms with Crippen LogP contribution in [0.1, 0.15) is 45.1 Å². The first-order valence-corrected chi connectivity index (χ1v) is 8.36. The lowest BCUT2D eigenvalue weighted by Crippen LogP contribution is -2.10. The van der Waals surface area contributed by atoms with E-state index < -0.39 is 0 Å². The zero-order valence-corrected chi connectivity index (χ0v) is 15.2. The molecule has 0 atom stereocenters. The minimum Gasteiger partial charge on any atom is -0.326 e. The third-order valence-corrected chi connectivity index (χ3v) is 4.21. The Labute approximate surface area is 146 Å². The van der Waals surface area contributed by atoms with Crippen LogP contribution in [0.2, 0.25) is 0 Å². The van der Waals surface area contributed by atoms with Crippen molar-refractivity contribution >= 4 is 56.6 Å². The van der Waals surface area contributed by atoms with Gasteiger partial charge in [-0.15, -0.1) is 12.4 Å². The third kappa shape index (κ3) is 5.18. The van der Waals surface area contributed by atoms with Crippen LogP contribution in [0.15, 0.2) is 12.1 Å². The van der Waals surface area contributed by atoms with Crippen molar-refractivity contribution in [3.05, 3.63) is 17.7 Å². The van der Waals surface area contributed by atoms with Gasteiger partial charge in [-0.05, 0) is 31.0 Å². The van der Waals surface area contributed by atoms with Crippen LogP contribution in [0, 0.1) is 6.92 Å². The minimum absolute atomic E-state index is 0. The highest BCUT2D eigenvalue weighted by Gasteiger charge is 2.11. The summed E-state index contributed by atoms with van der Waals surface area (Å²) in [6.45, 7) is 5.82. The molecule has 0 saturated carbocycles. The Kier molecular flexibility index (Phi) is 7.45. The van der Waals surface area contributed by atoms with Crippen LogP contribution in [0.25, 0.3) is 10.2 Å². The maximum absolute atomic E-state index is 11.8. The number of aromatic nitrogens is 1. The molecule has 0 saturated heterocycles. The van der Waals surface area contributed by atoms with Crippen molar-refractivity contribution in [3.63, 3.8) is 0 Å². The number of unbranched alkanes of at least 4 members (excludes halogenated alkanes) is 1. The quantitative estimate of drug-likeness (QED) is 0.801. The summed E-state index contributed by atoms with van der Waals surface area (Å²) in [6, 6.07) is 3.82. The van der Waals surface area contributed by atoms with Crippen molar-refractivity contribution in [2.24, 2.45) is 0 Å². The van der Waals surface area contributed by atoms with E-state index in [2.05, 4.69) is 22.5 Å². The lowest BCUT2D eigenvalue weighted by molar-refractivity contribution is -0.116. The van der Waals surface area contributed by atoms with E-state index in [0.29, 0.717) is 18.0 Å². The molecule has 1 aromatic carbocycles. The van der Waals surface area contributed by atoms with E-state index in [-0.39, 0.29) is 24.2 Å². The second-order valence-corrected chi connectivity index (χ2v) is 6.24. The summed E-state index contributed by atoms with van der Waals surface area (Å²) in [7, 11) is 0. The van der Waals surface area contributed by atoms with Gasteiger partial charge >= 0.3 is 0 Å². The highest BCUT2D eigenvalue weighted by atomic mass is 35.5. The van der Waals surface area contributed by atoms with E-state index in [1.165, 1.54) is 11.3 Å². The SMILES string of the molecule is CCCCC(=O)Nc1cc(C)c2nc(NC(=O)CC)sc2c1.Cl. The van der Waals surface area contributed by atoms with E-state index in [4.69, 9.17) is 0 Å². The van der Waals surface area contributed by atoms with Crippen LogP contribution in [-0.4, -0.2) is 16.8 Å². The molecule has 1 aromatic heterocycles. The maximum Gasteiger partial charge on any atom is 0.225 e. The number of thiazole rings is 1. The topological polar surface area (TPSA) is 71.1 Å². The van der Waals surface area contributed by atoms with E-state index in [1.807, 2.05) is 19.1 Å². The van der Waals surface area contributed by atoms with Crippen molar-refractivity contribution in [1.29, 1.82) is 0 Å². The molecule has 2 N–H and O–H groups in total. The summed E-state index contributed by atoms with van der Waals surface area (Å²) in [5.41, 5.74) is 2.63. The summed E-state index contributed by atoms with van der Waals surface area (Å²) in [5, 5.41) is 6.30. The first-order valence-electron chi connectivity index (χ1n) is 7.54. The highest BCUT2D eigenvalue weighted by molar-refractivity contribution is 7.22. The van der Waals surface area contributed by atoms with E-state index >= 15 is 0 Å². The fourth-order valence-electron chi connectivity index (χ4n) is 2.09. The summed E-state index contributed by atoms with van der Waals surface area (Å²) >= 11 is 1.42. The molecule has 2 aromatic rings. The number of benzene rings is 1. The third-order valence-electron chi connectivity index (χ3n) is 3.29. The van der Waals surface area contributed by atoms with Crippen LogP contribution in [0.3, 0.4) is 0 Å². The standard InChI is InChI=1S/C16H21N3O2S.ClH/c1-4-6-7-14(21)17-11-8-10(3)15-12(9-11)22-16(19-15)18-13(20)5-2;/h8-9H,4-7H2,1-3H3,(H,17,21)(H,18,19,20);1H. The molecule has 2 rings (SSSR count). The number of aryl methyl sites for hydroxylation is 1. The number of hydrogen-bond donors (Lipinski definition) is 2. The van der Waals surface area contributed by atoms with Gasteiger partial charge in [-0.1, -0.05) is 31.6 Å². The number of carbonyl (C=O) groups excluding carboxylic acids is 2. The fourth-order valence-corrected chi connectivity index (χ4v) is 3.09. The highest BCUT2D eigenvalue weighted by Crippen LogP contribution is 2.31. The van der Waals surface area contributed by atoms with Crippen molar-refractivity contribution in [3.8, 4) is 0 Å². The van der Waals surface area contributed by atoms with Crippen LogP contribution in [-0.2, 0) is 9.59 Å². The van der Waals surface area contributed by atoms with Gasteiger partial charge in [0.25, 0.3) is 0 Å². The van der Waals surface area contributed by atoms with Crippen LogP contribution < -0.4 is 10.6 Å². The molecule has 0 aliphatic rings. The first-order chi connectivity index (χ1) is 10.5. The Morgan fingerprint density at radius 2 is 1.91 bits per heavy atom. The second-order valence-electron chi connectivity index (χ2n) is 5.21. The smallest absolute Gasteiger partial charge is 0.225 e. The lowest BCUT2D eigenvalue weighted by Gasteiger charge is -2.06. The molecule has 0 spiro atoms. The molecule has 0 aliphatic heterocycles. The Morgan fingerprint density at radius 1 is 1.17 bits per heavy atom. The number of nitrogens with zero attached hydrogens (tertiary/aromatic N) is 1. The number of anilines is 2. The minimum atomic E-state index is -0.0511. The molecule has 2 amide bonds. The van der Waals surface area contributed by atoms with Gasteiger partial charge < -0.3 is 10.6 Å². The van der Waals surface area contributed by atoms with Gasteiger partial charge in [0, 0.05) is 18.5 Å². The monoisotopic (exact) mass is 355 g/mol. The molecule has 1 heterocycles. The number of amides is 2. The molecule has 23 heavy (non-hydrogen) atoms. The molecular weight excluding hydrogens is 334 g/mol. The van der Waals surface area contributed by atoms with Crippen LogP contribution >= 0.6 is 23.7 Å². The van der Waals surface area contributed by atoms with Crippen molar-refractivity contribution in [2.45, 2.75) is 46.5 Å². The average Bonchev–Trinajstić information content (AvgIpc) is 2.87. The number of hydrogen-bond acceptors (Lipinski definition) is 4. The second kappa shape index (κ2) is 8.84. The predicted octanol–water partition coefficient (Wildman–Crippen LogP) is 4.50. The molecule has 0 bridgehead atoms. The van der Waals surface area contributed by atoms with Gasteiger partial charge in [-0.2, -0.15) is 0 Å². The Balaban J connectivity index is 0.00000264. The zero-order chi connectivity index (χ0) is 16.1. The number of nitrogens with one attached hydrogen (secondary N) is 2. The first kappa shape index (κ1) is 19.4. The zero-order valence-electron chi connectivity index (χ0n) is 13.6. The molecule has 126 valence electrons. The summed E-state index contributed by atoms with van der Waals surface area (Å²) in [6.07, 6.45) is 2.85. The number of halogens is 1. The predicted molar refractivity (Wildman–Crippen MR) is 98.7 cm³/mol. The molecule has 5 nitrogen and oxygen atoms in total. The molecule has 7 heteroatoms. The summed E-state index contributed by atoms with van der Waals surface area (Å²) in [5.74, 6) is -0.0191. The van der Waals surface area contributed by atoms with Crippen molar-refractivity contribution in [1.82, 2.24) is 4.98 Å². The number of fused-ring (bicyclic) bond motifs is 1. The van der Waals surface area contributed by atoms with Crippen LogP contribution in [0.5, 0.6) is 0 Å².